The Morgan fingerprint density at radius 3 is 2.55 bits per heavy atom. The molecule has 2 aromatic rings. The summed E-state index contributed by atoms with van der Waals surface area (Å²) in [5, 5.41) is 10.7. The van der Waals surface area contributed by atoms with Crippen LogP contribution in [0.15, 0.2) is 46.9 Å². The van der Waals surface area contributed by atoms with Crippen molar-refractivity contribution >= 4 is 15.9 Å². The minimum absolute atomic E-state index is 0.538. The first kappa shape index (κ1) is 13.8. The molecule has 3 rings (SSSR count). The summed E-state index contributed by atoms with van der Waals surface area (Å²) < 4.78 is 1.05. The quantitative estimate of drug-likeness (QED) is 0.829. The summed E-state index contributed by atoms with van der Waals surface area (Å²) >= 11 is 3.55. The lowest BCUT2D eigenvalue weighted by molar-refractivity contribution is 0.217. The molecule has 0 radical (unpaired) electrons. The van der Waals surface area contributed by atoms with Crippen molar-refractivity contribution in [3.05, 3.63) is 69.2 Å². The molecule has 0 aromatic heterocycles. The highest BCUT2D eigenvalue weighted by Crippen LogP contribution is 2.40. The molecular weight excluding hydrogens is 312 g/mol. The van der Waals surface area contributed by atoms with E-state index in [9.17, 15) is 5.11 Å². The van der Waals surface area contributed by atoms with Gasteiger partial charge in [0.2, 0.25) is 0 Å². The number of hydrogen-bond donors (Lipinski definition) is 1. The van der Waals surface area contributed by atoms with Crippen LogP contribution in [0, 0.1) is 6.92 Å². The van der Waals surface area contributed by atoms with Gasteiger partial charge < -0.3 is 5.11 Å². The van der Waals surface area contributed by atoms with Gasteiger partial charge in [0.05, 0.1) is 0 Å². The third-order valence-corrected chi connectivity index (χ3v) is 5.20. The Morgan fingerprint density at radius 2 is 1.90 bits per heavy atom. The average molecular weight is 331 g/mol. The summed E-state index contributed by atoms with van der Waals surface area (Å²) in [7, 11) is 0. The third-order valence-electron chi connectivity index (χ3n) is 4.35. The standard InChI is InChI=1S/C18H19BrO/c1-12-9-10-14(11-17(12)19)18(20)16-8-3-2-7-15(16)13-5-4-6-13/h2-3,7-11,13,18,20H,4-6H2,1H3. The number of benzene rings is 2. The molecule has 0 aliphatic heterocycles. The zero-order valence-corrected chi connectivity index (χ0v) is 13.2. The van der Waals surface area contributed by atoms with E-state index < -0.39 is 6.10 Å². The fourth-order valence-electron chi connectivity index (χ4n) is 2.81. The molecule has 0 spiro atoms. The van der Waals surface area contributed by atoms with Crippen molar-refractivity contribution in [3.63, 3.8) is 0 Å². The summed E-state index contributed by atoms with van der Waals surface area (Å²) in [6.45, 7) is 2.06. The molecule has 0 amide bonds. The predicted molar refractivity (Wildman–Crippen MR) is 86.0 cm³/mol. The van der Waals surface area contributed by atoms with E-state index in [0.29, 0.717) is 5.92 Å². The van der Waals surface area contributed by atoms with E-state index >= 15 is 0 Å². The van der Waals surface area contributed by atoms with Crippen molar-refractivity contribution in [1.82, 2.24) is 0 Å². The SMILES string of the molecule is Cc1ccc(C(O)c2ccccc2C2CCC2)cc1Br. The van der Waals surface area contributed by atoms with Gasteiger partial charge in [0.1, 0.15) is 6.10 Å². The van der Waals surface area contributed by atoms with E-state index in [-0.39, 0.29) is 0 Å². The number of aliphatic hydroxyl groups is 1. The van der Waals surface area contributed by atoms with Crippen LogP contribution >= 0.6 is 15.9 Å². The number of aryl methyl sites for hydroxylation is 1. The van der Waals surface area contributed by atoms with Crippen LogP contribution < -0.4 is 0 Å². The van der Waals surface area contributed by atoms with Gasteiger partial charge in [0, 0.05) is 4.47 Å². The summed E-state index contributed by atoms with van der Waals surface area (Å²) in [5.41, 5.74) is 4.53. The van der Waals surface area contributed by atoms with Gasteiger partial charge in [-0.1, -0.05) is 58.7 Å². The molecule has 1 N–H and O–H groups in total. The monoisotopic (exact) mass is 330 g/mol. The maximum absolute atomic E-state index is 10.7. The van der Waals surface area contributed by atoms with E-state index in [2.05, 4.69) is 47.1 Å². The molecule has 1 aliphatic carbocycles. The van der Waals surface area contributed by atoms with Crippen molar-refractivity contribution in [2.24, 2.45) is 0 Å². The molecule has 20 heavy (non-hydrogen) atoms. The second kappa shape index (κ2) is 5.71. The lowest BCUT2D eigenvalue weighted by Gasteiger charge is -2.29. The zero-order valence-electron chi connectivity index (χ0n) is 11.6. The van der Waals surface area contributed by atoms with E-state index in [4.69, 9.17) is 0 Å². The van der Waals surface area contributed by atoms with Crippen molar-refractivity contribution in [2.45, 2.75) is 38.2 Å². The molecule has 0 bridgehead atoms. The second-order valence-electron chi connectivity index (χ2n) is 5.67. The molecule has 1 aliphatic rings. The van der Waals surface area contributed by atoms with Gasteiger partial charge in [-0.25, -0.2) is 0 Å². The van der Waals surface area contributed by atoms with Crippen LogP contribution in [-0.4, -0.2) is 5.11 Å². The molecule has 1 atom stereocenters. The number of halogens is 1. The molecule has 0 heterocycles. The van der Waals surface area contributed by atoms with E-state index in [1.54, 1.807) is 0 Å². The van der Waals surface area contributed by atoms with Gasteiger partial charge in [-0.05, 0) is 54.0 Å². The van der Waals surface area contributed by atoms with E-state index in [1.165, 1.54) is 30.4 Å². The maximum Gasteiger partial charge on any atom is 0.104 e. The Morgan fingerprint density at radius 1 is 1.15 bits per heavy atom. The van der Waals surface area contributed by atoms with Gasteiger partial charge >= 0.3 is 0 Å². The van der Waals surface area contributed by atoms with Crippen molar-refractivity contribution < 1.29 is 5.11 Å². The zero-order chi connectivity index (χ0) is 14.1. The van der Waals surface area contributed by atoms with E-state index in [0.717, 1.165) is 15.6 Å². The summed E-state index contributed by atoms with van der Waals surface area (Å²) in [5.74, 6) is 0.634. The fourth-order valence-corrected chi connectivity index (χ4v) is 3.21. The van der Waals surface area contributed by atoms with Crippen molar-refractivity contribution in [1.29, 1.82) is 0 Å². The molecule has 1 fully saturated rings. The van der Waals surface area contributed by atoms with E-state index in [1.807, 2.05) is 18.2 Å². The number of rotatable bonds is 3. The normalized spacial score (nSPS) is 16.8. The third kappa shape index (κ3) is 2.55. The summed E-state index contributed by atoms with van der Waals surface area (Å²) in [6, 6.07) is 14.4. The molecule has 2 heteroatoms. The largest absolute Gasteiger partial charge is 0.384 e. The van der Waals surface area contributed by atoms with Crippen LogP contribution in [0.5, 0.6) is 0 Å². The maximum atomic E-state index is 10.7. The molecule has 1 saturated carbocycles. The second-order valence-corrected chi connectivity index (χ2v) is 6.52. The highest BCUT2D eigenvalue weighted by Gasteiger charge is 2.24. The van der Waals surface area contributed by atoms with Gasteiger partial charge in [-0.2, -0.15) is 0 Å². The van der Waals surface area contributed by atoms with Gasteiger partial charge in [0.25, 0.3) is 0 Å². The Kier molecular flexibility index (Phi) is 3.95. The first-order chi connectivity index (χ1) is 9.66. The molecular formula is C18H19BrO. The summed E-state index contributed by atoms with van der Waals surface area (Å²) in [6.07, 6.45) is 3.28. The molecule has 1 unspecified atom stereocenters. The highest BCUT2D eigenvalue weighted by molar-refractivity contribution is 9.10. The minimum atomic E-state index is -0.538. The fraction of sp³-hybridized carbons (Fsp3) is 0.333. The molecule has 1 nitrogen and oxygen atoms in total. The van der Waals surface area contributed by atoms with Crippen LogP contribution in [0.25, 0.3) is 0 Å². The van der Waals surface area contributed by atoms with Crippen LogP contribution in [0.4, 0.5) is 0 Å². The molecule has 104 valence electrons. The average Bonchev–Trinajstić information content (AvgIpc) is 2.40. The minimum Gasteiger partial charge on any atom is -0.384 e. The Bertz CT molecular complexity index is 617. The first-order valence-electron chi connectivity index (χ1n) is 7.20. The van der Waals surface area contributed by atoms with Crippen molar-refractivity contribution in [2.75, 3.05) is 0 Å². The highest BCUT2D eigenvalue weighted by atomic mass is 79.9. The van der Waals surface area contributed by atoms with Gasteiger partial charge in [-0.15, -0.1) is 0 Å². The van der Waals surface area contributed by atoms with Crippen LogP contribution in [0.2, 0.25) is 0 Å². The first-order valence-corrected chi connectivity index (χ1v) is 7.99. The Labute approximate surface area is 128 Å². The smallest absolute Gasteiger partial charge is 0.104 e. The van der Waals surface area contributed by atoms with Crippen LogP contribution in [0.3, 0.4) is 0 Å². The molecule has 0 saturated heterocycles. The number of aliphatic hydroxyl groups excluding tert-OH is 1. The molecule has 2 aromatic carbocycles. The Balaban J connectivity index is 1.97. The van der Waals surface area contributed by atoms with Crippen molar-refractivity contribution in [3.8, 4) is 0 Å². The topological polar surface area (TPSA) is 20.2 Å². The lowest BCUT2D eigenvalue weighted by atomic mass is 9.77. The van der Waals surface area contributed by atoms with Crippen LogP contribution in [0.1, 0.15) is 53.5 Å². The predicted octanol–water partition coefficient (Wildman–Crippen LogP) is 5.11. The summed E-state index contributed by atoms with van der Waals surface area (Å²) in [4.78, 5) is 0. The Hall–Kier alpha value is -1.12. The van der Waals surface area contributed by atoms with Crippen LogP contribution in [-0.2, 0) is 0 Å². The lowest BCUT2D eigenvalue weighted by Crippen LogP contribution is -2.13. The number of hydrogen-bond acceptors (Lipinski definition) is 1. The van der Waals surface area contributed by atoms with Gasteiger partial charge in [0.15, 0.2) is 0 Å². The van der Waals surface area contributed by atoms with Gasteiger partial charge in [-0.3, -0.25) is 0 Å².